The van der Waals surface area contributed by atoms with Crippen molar-refractivity contribution < 1.29 is 23.1 Å². The summed E-state index contributed by atoms with van der Waals surface area (Å²) in [6.45, 7) is 3.51. The molecule has 1 aromatic rings. The second-order valence-corrected chi connectivity index (χ2v) is 7.68. The van der Waals surface area contributed by atoms with Crippen molar-refractivity contribution in [3.8, 4) is 5.75 Å². The molecule has 1 aromatic carbocycles. The van der Waals surface area contributed by atoms with Crippen LogP contribution in [-0.4, -0.2) is 48.7 Å². The molecular formula is C15H21NO5S. The number of sulfonamides is 1. The Hall–Kier alpha value is -1.60. The third-order valence-corrected chi connectivity index (χ3v) is 5.61. The Morgan fingerprint density at radius 3 is 2.77 bits per heavy atom. The third kappa shape index (κ3) is 3.98. The Bertz CT molecular complexity index is 654. The SMILES string of the molecule is CC(C)N(CC(=O)O)S(=O)(=O)CCc1ccc2c(c1)CCO2. The second-order valence-electron chi connectivity index (χ2n) is 5.64. The van der Waals surface area contributed by atoms with Crippen LogP contribution in [0, 0.1) is 0 Å². The van der Waals surface area contributed by atoms with Crippen LogP contribution in [0.2, 0.25) is 0 Å². The highest BCUT2D eigenvalue weighted by Crippen LogP contribution is 2.26. The van der Waals surface area contributed by atoms with E-state index in [0.717, 1.165) is 27.6 Å². The van der Waals surface area contributed by atoms with Crippen molar-refractivity contribution in [3.05, 3.63) is 29.3 Å². The normalized spacial score (nSPS) is 14.2. The van der Waals surface area contributed by atoms with Crippen molar-refractivity contribution in [1.29, 1.82) is 0 Å². The maximum Gasteiger partial charge on any atom is 0.318 e. The molecule has 2 rings (SSSR count). The zero-order chi connectivity index (χ0) is 16.3. The first-order valence-corrected chi connectivity index (χ1v) is 8.86. The summed E-state index contributed by atoms with van der Waals surface area (Å²) in [5, 5.41) is 8.87. The number of nitrogens with zero attached hydrogens (tertiary/aromatic N) is 1. The van der Waals surface area contributed by atoms with Crippen LogP contribution in [0.5, 0.6) is 5.75 Å². The molecular weight excluding hydrogens is 306 g/mol. The van der Waals surface area contributed by atoms with Gasteiger partial charge in [-0.05, 0) is 37.5 Å². The Morgan fingerprint density at radius 1 is 1.41 bits per heavy atom. The molecule has 0 amide bonds. The van der Waals surface area contributed by atoms with Gasteiger partial charge in [0.1, 0.15) is 12.3 Å². The van der Waals surface area contributed by atoms with Gasteiger partial charge in [0.15, 0.2) is 0 Å². The summed E-state index contributed by atoms with van der Waals surface area (Å²) in [5.41, 5.74) is 2.02. The summed E-state index contributed by atoms with van der Waals surface area (Å²) < 4.78 is 31.2. The summed E-state index contributed by atoms with van der Waals surface area (Å²) >= 11 is 0. The summed E-state index contributed by atoms with van der Waals surface area (Å²) in [4.78, 5) is 10.8. The molecule has 0 atom stereocenters. The largest absolute Gasteiger partial charge is 0.493 e. The number of rotatable bonds is 7. The smallest absolute Gasteiger partial charge is 0.318 e. The Morgan fingerprint density at radius 2 is 2.14 bits per heavy atom. The van der Waals surface area contributed by atoms with Gasteiger partial charge in [0, 0.05) is 12.5 Å². The van der Waals surface area contributed by atoms with Gasteiger partial charge in [-0.25, -0.2) is 8.42 Å². The van der Waals surface area contributed by atoms with Gasteiger partial charge in [-0.2, -0.15) is 4.31 Å². The van der Waals surface area contributed by atoms with E-state index in [2.05, 4.69) is 0 Å². The van der Waals surface area contributed by atoms with E-state index >= 15 is 0 Å². The van der Waals surface area contributed by atoms with Crippen molar-refractivity contribution in [1.82, 2.24) is 4.31 Å². The lowest BCUT2D eigenvalue weighted by molar-refractivity contribution is -0.137. The fourth-order valence-electron chi connectivity index (χ4n) is 2.49. The molecule has 1 heterocycles. The minimum atomic E-state index is -3.61. The molecule has 22 heavy (non-hydrogen) atoms. The number of aliphatic carboxylic acids is 1. The monoisotopic (exact) mass is 327 g/mol. The minimum Gasteiger partial charge on any atom is -0.493 e. The van der Waals surface area contributed by atoms with Gasteiger partial charge in [-0.3, -0.25) is 4.79 Å². The zero-order valence-corrected chi connectivity index (χ0v) is 13.6. The molecule has 0 fully saturated rings. The second kappa shape index (κ2) is 6.66. The van der Waals surface area contributed by atoms with Crippen molar-refractivity contribution in [2.24, 2.45) is 0 Å². The van der Waals surface area contributed by atoms with Gasteiger partial charge in [-0.15, -0.1) is 0 Å². The summed E-state index contributed by atoms with van der Waals surface area (Å²) in [5.74, 6) is -0.383. The fraction of sp³-hybridized carbons (Fsp3) is 0.533. The van der Waals surface area contributed by atoms with E-state index in [-0.39, 0.29) is 11.8 Å². The molecule has 122 valence electrons. The molecule has 1 aliphatic heterocycles. The number of hydrogen-bond acceptors (Lipinski definition) is 4. The van der Waals surface area contributed by atoms with E-state index in [1.54, 1.807) is 13.8 Å². The van der Waals surface area contributed by atoms with E-state index in [4.69, 9.17) is 9.84 Å². The number of aryl methyl sites for hydroxylation is 1. The fourth-order valence-corrected chi connectivity index (χ4v) is 4.17. The molecule has 0 saturated heterocycles. The predicted molar refractivity (Wildman–Crippen MR) is 82.6 cm³/mol. The van der Waals surface area contributed by atoms with Crippen molar-refractivity contribution in [2.45, 2.75) is 32.7 Å². The number of carboxylic acid groups (broad SMARTS) is 1. The van der Waals surface area contributed by atoms with Crippen molar-refractivity contribution >= 4 is 16.0 Å². The van der Waals surface area contributed by atoms with Crippen LogP contribution in [-0.2, 0) is 27.7 Å². The summed E-state index contributed by atoms with van der Waals surface area (Å²) in [6.07, 6.45) is 1.20. The van der Waals surface area contributed by atoms with Gasteiger partial charge < -0.3 is 9.84 Å². The van der Waals surface area contributed by atoms with Crippen molar-refractivity contribution in [3.63, 3.8) is 0 Å². The molecule has 0 bridgehead atoms. The third-order valence-electron chi connectivity index (χ3n) is 3.63. The average Bonchev–Trinajstić information content (AvgIpc) is 2.89. The molecule has 0 radical (unpaired) electrons. The molecule has 7 heteroatoms. The van der Waals surface area contributed by atoms with Crippen LogP contribution in [0.3, 0.4) is 0 Å². The molecule has 0 aliphatic carbocycles. The molecule has 1 aliphatic rings. The summed E-state index contributed by atoms with van der Waals surface area (Å²) in [6, 6.07) is 5.31. The van der Waals surface area contributed by atoms with E-state index in [0.29, 0.717) is 13.0 Å². The van der Waals surface area contributed by atoms with E-state index in [9.17, 15) is 13.2 Å². The van der Waals surface area contributed by atoms with Gasteiger partial charge in [0.2, 0.25) is 10.0 Å². The Labute approximate surface area is 130 Å². The highest BCUT2D eigenvalue weighted by Gasteiger charge is 2.27. The standard InChI is InChI=1S/C15H21NO5S/c1-11(2)16(10-15(17)18)22(19,20)8-6-12-3-4-14-13(9-12)5-7-21-14/h3-4,9,11H,5-8,10H2,1-2H3,(H,17,18). The molecule has 0 aromatic heterocycles. The van der Waals surface area contributed by atoms with E-state index in [1.807, 2.05) is 18.2 Å². The maximum atomic E-state index is 12.4. The lowest BCUT2D eigenvalue weighted by atomic mass is 10.1. The average molecular weight is 327 g/mol. The Kier molecular flexibility index (Phi) is 5.08. The zero-order valence-electron chi connectivity index (χ0n) is 12.8. The number of hydrogen-bond donors (Lipinski definition) is 1. The van der Waals surface area contributed by atoms with Gasteiger partial charge in [0.25, 0.3) is 0 Å². The number of ether oxygens (including phenoxy) is 1. The van der Waals surface area contributed by atoms with Gasteiger partial charge in [-0.1, -0.05) is 12.1 Å². The van der Waals surface area contributed by atoms with Crippen LogP contribution in [0.4, 0.5) is 0 Å². The van der Waals surface area contributed by atoms with Crippen LogP contribution in [0.1, 0.15) is 25.0 Å². The maximum absolute atomic E-state index is 12.4. The molecule has 0 unspecified atom stereocenters. The van der Waals surface area contributed by atoms with Crippen LogP contribution >= 0.6 is 0 Å². The van der Waals surface area contributed by atoms with E-state index in [1.165, 1.54) is 0 Å². The first-order chi connectivity index (χ1) is 10.3. The van der Waals surface area contributed by atoms with Crippen LogP contribution < -0.4 is 4.74 Å². The highest BCUT2D eigenvalue weighted by atomic mass is 32.2. The molecule has 0 saturated carbocycles. The highest BCUT2D eigenvalue weighted by molar-refractivity contribution is 7.89. The molecule has 0 spiro atoms. The number of fused-ring (bicyclic) bond motifs is 1. The van der Waals surface area contributed by atoms with Crippen LogP contribution in [0.15, 0.2) is 18.2 Å². The number of benzene rings is 1. The quantitative estimate of drug-likeness (QED) is 0.816. The van der Waals surface area contributed by atoms with Crippen molar-refractivity contribution in [2.75, 3.05) is 18.9 Å². The lowest BCUT2D eigenvalue weighted by Crippen LogP contribution is -2.42. The topological polar surface area (TPSA) is 83.9 Å². The number of carboxylic acids is 1. The number of carbonyl (C=O) groups is 1. The predicted octanol–water partition coefficient (Wildman–Crippen LogP) is 1.29. The molecule has 6 nitrogen and oxygen atoms in total. The van der Waals surface area contributed by atoms with E-state index < -0.39 is 22.5 Å². The first-order valence-electron chi connectivity index (χ1n) is 7.25. The van der Waals surface area contributed by atoms with Crippen LogP contribution in [0.25, 0.3) is 0 Å². The minimum absolute atomic E-state index is 0.0991. The van der Waals surface area contributed by atoms with Gasteiger partial charge >= 0.3 is 5.97 Å². The lowest BCUT2D eigenvalue weighted by Gasteiger charge is -2.24. The summed E-state index contributed by atoms with van der Waals surface area (Å²) in [7, 11) is -3.61. The first kappa shape index (κ1) is 16.8. The van der Waals surface area contributed by atoms with Gasteiger partial charge in [0.05, 0.1) is 12.4 Å². The Balaban J connectivity index is 2.06. The molecule has 1 N–H and O–H groups in total.